The van der Waals surface area contributed by atoms with Crippen molar-refractivity contribution in [2.75, 3.05) is 7.11 Å². The average molecular weight is 419 g/mol. The summed E-state index contributed by atoms with van der Waals surface area (Å²) in [5, 5.41) is 0. The van der Waals surface area contributed by atoms with Gasteiger partial charge in [0.2, 0.25) is 0 Å². The highest BCUT2D eigenvalue weighted by atomic mass is 79.9. The summed E-state index contributed by atoms with van der Waals surface area (Å²) in [6.07, 6.45) is 4.71. The highest BCUT2D eigenvalue weighted by Gasteiger charge is 3.02. The van der Waals surface area contributed by atoms with Crippen LogP contribution in [0.15, 0.2) is 0 Å². The molecule has 8 bridgehead atoms. The molecule has 138 valence electrons. The molecule has 1 saturated heterocycles. The summed E-state index contributed by atoms with van der Waals surface area (Å²) in [6, 6.07) is 0. The van der Waals surface area contributed by atoms with Gasteiger partial charge >= 0.3 is 11.9 Å². The van der Waals surface area contributed by atoms with Gasteiger partial charge in [-0.05, 0) is 78.9 Å². The van der Waals surface area contributed by atoms with Gasteiger partial charge in [0.05, 0.1) is 17.9 Å². The number of ether oxygens (including phenoxy) is 2. The van der Waals surface area contributed by atoms with E-state index in [2.05, 4.69) is 15.9 Å². The standard InChI is InChI=1S/C21H23BrO4/c1-25-18(23)20-15-7-3-5-9-11(7)17-13(15)12-14(21(17,20)19(24)26-9)6-2-4-8(22)10(6)16(12)20/h6-17H,2-5H2,1H3/t6-,7+,8-,9+,10+,11+,12-,13+,14-,15-,16-,17+,20+,21+/m0/s1. The van der Waals surface area contributed by atoms with Crippen LogP contribution in [0.2, 0.25) is 0 Å². The molecule has 14 atom stereocenters. The molecule has 0 aromatic carbocycles. The van der Waals surface area contributed by atoms with Gasteiger partial charge in [-0.15, -0.1) is 0 Å². The summed E-state index contributed by atoms with van der Waals surface area (Å²) in [5.74, 6) is 5.01. The maximum absolute atomic E-state index is 13.7. The Hall–Kier alpha value is -0.580. The molecule has 0 unspecified atom stereocenters. The van der Waals surface area contributed by atoms with E-state index in [9.17, 15) is 9.59 Å². The van der Waals surface area contributed by atoms with Crippen LogP contribution in [-0.2, 0) is 19.1 Å². The molecule has 0 radical (unpaired) electrons. The fraction of sp³-hybridized carbons (Fsp3) is 0.905. The molecule has 9 fully saturated rings. The topological polar surface area (TPSA) is 52.6 Å². The largest absolute Gasteiger partial charge is 0.469 e. The normalized spacial score (nSPS) is 71.7. The van der Waals surface area contributed by atoms with Crippen molar-refractivity contribution in [3.05, 3.63) is 0 Å². The SMILES string of the molecule is COC(=O)[C@@]12[C@@H]3[C@H]4[C@H]5[C@H]6[C@@H]7[C@@H](CC[C@H]7OC(=O)[C@@]61[C@H]4[C@H]1CC[C@H](Br)[C@@H]13)[C@@H]52. The van der Waals surface area contributed by atoms with Gasteiger partial charge in [0.15, 0.2) is 0 Å². The number of halogens is 1. The van der Waals surface area contributed by atoms with Gasteiger partial charge in [0, 0.05) is 10.7 Å². The second-order valence-electron chi connectivity index (χ2n) is 10.6. The van der Waals surface area contributed by atoms with Crippen molar-refractivity contribution in [3.63, 3.8) is 0 Å². The van der Waals surface area contributed by atoms with Crippen LogP contribution < -0.4 is 0 Å². The summed E-state index contributed by atoms with van der Waals surface area (Å²) in [6.45, 7) is 0. The average Bonchev–Trinajstić information content (AvgIpc) is 3.41. The third-order valence-electron chi connectivity index (χ3n) is 11.2. The Morgan fingerprint density at radius 1 is 1.00 bits per heavy atom. The zero-order valence-electron chi connectivity index (χ0n) is 14.8. The maximum Gasteiger partial charge on any atom is 0.314 e. The van der Waals surface area contributed by atoms with Gasteiger partial charge < -0.3 is 9.47 Å². The quantitative estimate of drug-likeness (QED) is 0.485. The van der Waals surface area contributed by atoms with Gasteiger partial charge in [0.1, 0.15) is 6.10 Å². The molecule has 0 amide bonds. The van der Waals surface area contributed by atoms with Crippen molar-refractivity contribution in [3.8, 4) is 0 Å². The van der Waals surface area contributed by atoms with Gasteiger partial charge in [0.25, 0.3) is 0 Å². The Morgan fingerprint density at radius 3 is 2.54 bits per heavy atom. The van der Waals surface area contributed by atoms with Crippen LogP contribution in [0.4, 0.5) is 0 Å². The van der Waals surface area contributed by atoms with E-state index in [-0.39, 0.29) is 18.0 Å². The first kappa shape index (κ1) is 14.4. The van der Waals surface area contributed by atoms with Crippen LogP contribution in [0.5, 0.6) is 0 Å². The summed E-state index contributed by atoms with van der Waals surface area (Å²) >= 11 is 3.97. The lowest BCUT2D eigenvalue weighted by Gasteiger charge is -2.60. The molecule has 0 aromatic rings. The van der Waals surface area contributed by atoms with Gasteiger partial charge in [-0.3, -0.25) is 9.59 Å². The number of hydrogen-bond donors (Lipinski definition) is 0. The number of hydrogen-bond acceptors (Lipinski definition) is 4. The van der Waals surface area contributed by atoms with E-state index in [0.717, 1.165) is 12.8 Å². The second-order valence-corrected chi connectivity index (χ2v) is 11.8. The Morgan fingerprint density at radius 2 is 1.73 bits per heavy atom. The molecule has 1 spiro atoms. The first-order valence-corrected chi connectivity index (χ1v) is 11.5. The fourth-order valence-electron chi connectivity index (χ4n) is 11.8. The summed E-state index contributed by atoms with van der Waals surface area (Å²) < 4.78 is 11.7. The van der Waals surface area contributed by atoms with E-state index in [1.54, 1.807) is 7.11 Å². The minimum atomic E-state index is -0.558. The molecule has 1 heterocycles. The van der Waals surface area contributed by atoms with E-state index < -0.39 is 10.8 Å². The molecule has 0 N–H and O–H groups in total. The second kappa shape index (κ2) is 3.79. The number of carbonyl (C=O) groups excluding carboxylic acids is 2. The molecule has 5 heteroatoms. The van der Waals surface area contributed by atoms with Crippen LogP contribution in [-0.4, -0.2) is 30.0 Å². The van der Waals surface area contributed by atoms with Gasteiger partial charge in [-0.25, -0.2) is 0 Å². The van der Waals surface area contributed by atoms with Crippen LogP contribution in [0.3, 0.4) is 0 Å². The maximum atomic E-state index is 13.7. The lowest BCUT2D eigenvalue weighted by atomic mass is 9.43. The molecule has 8 aliphatic carbocycles. The minimum Gasteiger partial charge on any atom is -0.469 e. The van der Waals surface area contributed by atoms with Crippen molar-refractivity contribution < 1.29 is 19.1 Å². The number of rotatable bonds is 1. The third kappa shape index (κ3) is 0.931. The van der Waals surface area contributed by atoms with Crippen molar-refractivity contribution in [2.24, 2.45) is 70.0 Å². The van der Waals surface area contributed by atoms with Crippen LogP contribution in [0, 0.1) is 70.0 Å². The minimum absolute atomic E-state index is 0.00784. The molecular formula is C21H23BrO4. The van der Waals surface area contributed by atoms with E-state index in [4.69, 9.17) is 9.47 Å². The van der Waals surface area contributed by atoms with Gasteiger partial charge in [-0.1, -0.05) is 15.9 Å². The number of esters is 2. The number of methoxy groups -OCH3 is 1. The Bertz CT molecular complexity index is 812. The highest BCUT2D eigenvalue weighted by Crippen LogP contribution is 2.98. The van der Waals surface area contributed by atoms with Crippen molar-refractivity contribution in [2.45, 2.75) is 36.6 Å². The lowest BCUT2D eigenvalue weighted by Crippen LogP contribution is -2.68. The number of carbonyl (C=O) groups is 2. The van der Waals surface area contributed by atoms with Crippen molar-refractivity contribution >= 4 is 27.9 Å². The van der Waals surface area contributed by atoms with Gasteiger partial charge in [-0.2, -0.15) is 0 Å². The highest BCUT2D eigenvalue weighted by molar-refractivity contribution is 9.09. The van der Waals surface area contributed by atoms with Crippen LogP contribution in [0.25, 0.3) is 0 Å². The number of fused-ring (bicyclic) bond motifs is 1. The Balaban J connectivity index is 1.47. The third-order valence-corrected chi connectivity index (χ3v) is 12.2. The molecule has 9 rings (SSSR count). The lowest BCUT2D eigenvalue weighted by molar-refractivity contribution is -0.232. The van der Waals surface area contributed by atoms with Crippen LogP contribution in [0.1, 0.15) is 25.7 Å². The molecule has 26 heavy (non-hydrogen) atoms. The summed E-state index contributed by atoms with van der Waals surface area (Å²) in [7, 11) is 1.54. The smallest absolute Gasteiger partial charge is 0.314 e. The molecule has 1 aliphatic heterocycles. The summed E-state index contributed by atoms with van der Waals surface area (Å²) in [5.41, 5.74) is -1.08. The van der Waals surface area contributed by atoms with E-state index in [0.29, 0.717) is 64.0 Å². The molecule has 8 saturated carbocycles. The zero-order chi connectivity index (χ0) is 17.3. The molecule has 9 aliphatic rings. The van der Waals surface area contributed by atoms with E-state index in [1.165, 1.54) is 12.8 Å². The van der Waals surface area contributed by atoms with E-state index >= 15 is 0 Å². The van der Waals surface area contributed by atoms with Crippen molar-refractivity contribution in [1.29, 1.82) is 0 Å². The van der Waals surface area contributed by atoms with Crippen molar-refractivity contribution in [1.82, 2.24) is 0 Å². The Kier molecular flexibility index (Phi) is 2.10. The van der Waals surface area contributed by atoms with Crippen LogP contribution >= 0.6 is 15.9 Å². The first-order valence-electron chi connectivity index (χ1n) is 10.5. The predicted molar refractivity (Wildman–Crippen MR) is 92.8 cm³/mol. The number of alkyl halides is 1. The first-order chi connectivity index (χ1) is 12.6. The fourth-order valence-corrected chi connectivity index (χ4v) is 12.8. The Labute approximate surface area is 160 Å². The molecular weight excluding hydrogens is 396 g/mol. The molecule has 4 nitrogen and oxygen atoms in total. The zero-order valence-corrected chi connectivity index (χ0v) is 16.4. The predicted octanol–water partition coefficient (Wildman–Crippen LogP) is 2.64. The monoisotopic (exact) mass is 418 g/mol. The molecule has 0 aromatic heterocycles. The summed E-state index contributed by atoms with van der Waals surface area (Å²) in [4.78, 5) is 27.8. The van der Waals surface area contributed by atoms with E-state index in [1.807, 2.05) is 0 Å².